The fraction of sp³-hybridized carbons (Fsp3) is 0.667. The molecule has 0 amide bonds. The summed E-state index contributed by atoms with van der Waals surface area (Å²) in [5.41, 5.74) is 0.566. The van der Waals surface area contributed by atoms with E-state index < -0.39 is 22.3 Å². The molecule has 0 aliphatic rings. The second-order valence-corrected chi connectivity index (χ2v) is 5.54. The van der Waals surface area contributed by atoms with E-state index in [1.165, 1.54) is 6.08 Å². The largest absolute Gasteiger partial charge is 0.481 e. The molecular weight excluding hydrogens is 262 g/mol. The van der Waals surface area contributed by atoms with Gasteiger partial charge in [-0.25, -0.2) is 9.13 Å². The lowest BCUT2D eigenvalue weighted by molar-refractivity contribution is 0.190. The van der Waals surface area contributed by atoms with Crippen molar-refractivity contribution in [1.82, 2.24) is 0 Å². The number of hydrogen-bond acceptors (Lipinski definition) is 5. The fourth-order valence-electron chi connectivity index (χ4n) is 0.728. The van der Waals surface area contributed by atoms with E-state index >= 15 is 0 Å². The van der Waals surface area contributed by atoms with E-state index in [1.54, 1.807) is 6.92 Å². The summed E-state index contributed by atoms with van der Waals surface area (Å²) < 4.78 is 29.0. The smallest absolute Gasteiger partial charge is 0.392 e. The van der Waals surface area contributed by atoms with Crippen LogP contribution >= 0.6 is 15.6 Å². The topological polar surface area (TPSA) is 134 Å². The SMILES string of the molecule is CC/C(=C\COP(=O)(O)OP(=O)(O)O)CO. The zero-order chi connectivity index (χ0) is 12.8. The Kier molecular flexibility index (Phi) is 6.62. The maximum atomic E-state index is 10.9. The Morgan fingerprint density at radius 1 is 1.31 bits per heavy atom. The second-order valence-electron chi connectivity index (χ2n) is 2.71. The average molecular weight is 276 g/mol. The van der Waals surface area contributed by atoms with E-state index in [4.69, 9.17) is 19.8 Å². The normalized spacial score (nSPS) is 17.2. The molecule has 1 atom stereocenters. The molecule has 0 aromatic rings. The van der Waals surface area contributed by atoms with Crippen LogP contribution in [0.2, 0.25) is 0 Å². The monoisotopic (exact) mass is 276 g/mol. The number of phosphoric ester groups is 1. The third-order valence-electron chi connectivity index (χ3n) is 1.48. The second kappa shape index (κ2) is 6.64. The molecule has 0 aliphatic heterocycles. The van der Waals surface area contributed by atoms with Crippen molar-refractivity contribution in [3.05, 3.63) is 11.6 Å². The molecule has 0 saturated heterocycles. The first-order valence-corrected chi connectivity index (χ1v) is 7.25. The van der Waals surface area contributed by atoms with Crippen molar-refractivity contribution in [3.8, 4) is 0 Å². The van der Waals surface area contributed by atoms with Gasteiger partial charge in [-0.2, -0.15) is 4.31 Å². The number of aliphatic hydroxyl groups is 1. The summed E-state index contributed by atoms with van der Waals surface area (Å²) in [4.78, 5) is 25.4. The van der Waals surface area contributed by atoms with Crippen LogP contribution in [0.15, 0.2) is 11.6 Å². The predicted molar refractivity (Wildman–Crippen MR) is 54.4 cm³/mol. The van der Waals surface area contributed by atoms with E-state index in [-0.39, 0.29) is 6.61 Å². The third kappa shape index (κ3) is 8.15. The summed E-state index contributed by atoms with van der Waals surface area (Å²) in [6, 6.07) is 0. The van der Waals surface area contributed by atoms with Gasteiger partial charge in [-0.05, 0) is 12.0 Å². The summed E-state index contributed by atoms with van der Waals surface area (Å²) in [5.74, 6) is 0. The van der Waals surface area contributed by atoms with Gasteiger partial charge in [0.1, 0.15) is 0 Å². The van der Waals surface area contributed by atoms with Gasteiger partial charge in [0.05, 0.1) is 13.2 Å². The van der Waals surface area contributed by atoms with Crippen LogP contribution in [0, 0.1) is 0 Å². The Morgan fingerprint density at radius 2 is 1.88 bits per heavy atom. The molecule has 0 aromatic carbocycles. The molecule has 4 N–H and O–H groups in total. The summed E-state index contributed by atoms with van der Waals surface area (Å²) in [5, 5.41) is 8.73. The minimum absolute atomic E-state index is 0.227. The van der Waals surface area contributed by atoms with Gasteiger partial charge in [-0.1, -0.05) is 13.0 Å². The quantitative estimate of drug-likeness (QED) is 0.391. The average Bonchev–Trinajstić information content (AvgIpc) is 2.08. The molecule has 8 nitrogen and oxygen atoms in total. The van der Waals surface area contributed by atoms with Gasteiger partial charge in [0, 0.05) is 0 Å². The van der Waals surface area contributed by atoms with E-state index in [0.29, 0.717) is 12.0 Å². The molecule has 0 radical (unpaired) electrons. The maximum Gasteiger partial charge on any atom is 0.481 e. The van der Waals surface area contributed by atoms with Gasteiger partial charge in [0.2, 0.25) is 0 Å². The Labute approximate surface area is 92.4 Å². The van der Waals surface area contributed by atoms with E-state index in [9.17, 15) is 9.13 Å². The lowest BCUT2D eigenvalue weighted by Crippen LogP contribution is -1.96. The zero-order valence-electron chi connectivity index (χ0n) is 8.51. The lowest BCUT2D eigenvalue weighted by Gasteiger charge is -2.11. The number of rotatable bonds is 7. The minimum atomic E-state index is -5.07. The maximum absolute atomic E-state index is 10.9. The van der Waals surface area contributed by atoms with Crippen LogP contribution in [-0.2, 0) is 18.0 Å². The van der Waals surface area contributed by atoms with Crippen LogP contribution in [0.25, 0.3) is 0 Å². The number of aliphatic hydroxyl groups excluding tert-OH is 1. The Morgan fingerprint density at radius 3 is 2.25 bits per heavy atom. The number of hydrogen-bond donors (Lipinski definition) is 4. The third-order valence-corrected chi connectivity index (χ3v) is 3.63. The summed E-state index contributed by atoms with van der Waals surface area (Å²) in [7, 11) is -9.85. The summed E-state index contributed by atoms with van der Waals surface area (Å²) in [6.07, 6.45) is 1.85. The molecular formula is C6H14O8P2. The molecule has 0 rings (SSSR count). The first-order valence-electron chi connectivity index (χ1n) is 4.23. The predicted octanol–water partition coefficient (Wildman–Crippen LogP) is 0.541. The van der Waals surface area contributed by atoms with Gasteiger partial charge in [-0.3, -0.25) is 4.52 Å². The van der Waals surface area contributed by atoms with Crippen LogP contribution in [0.5, 0.6) is 0 Å². The highest BCUT2D eigenvalue weighted by atomic mass is 31.3. The molecule has 1 unspecified atom stereocenters. The zero-order valence-corrected chi connectivity index (χ0v) is 10.3. The van der Waals surface area contributed by atoms with Crippen LogP contribution in [-0.4, -0.2) is 33.0 Å². The van der Waals surface area contributed by atoms with Crippen molar-refractivity contribution < 1.29 is 37.8 Å². The van der Waals surface area contributed by atoms with Crippen LogP contribution < -0.4 is 0 Å². The Bertz CT molecular complexity index is 325. The van der Waals surface area contributed by atoms with Gasteiger partial charge in [0.15, 0.2) is 0 Å². The fourth-order valence-corrected chi connectivity index (χ4v) is 2.25. The molecule has 0 aliphatic carbocycles. The first kappa shape index (κ1) is 16.0. The standard InChI is InChI=1S/C6H14O8P2/c1-2-6(5-7)3-4-13-16(11,12)14-15(8,9)10/h3,7H,2,4-5H2,1H3,(H,11,12)(H2,8,9,10)/b6-3+. The lowest BCUT2D eigenvalue weighted by atomic mass is 10.2. The van der Waals surface area contributed by atoms with E-state index in [2.05, 4.69) is 8.83 Å². The first-order chi connectivity index (χ1) is 7.20. The molecule has 0 heterocycles. The molecule has 96 valence electrons. The Balaban J connectivity index is 4.25. The molecule has 0 fully saturated rings. The van der Waals surface area contributed by atoms with E-state index in [0.717, 1.165) is 0 Å². The van der Waals surface area contributed by atoms with Crippen molar-refractivity contribution in [3.63, 3.8) is 0 Å². The molecule has 0 bridgehead atoms. The van der Waals surface area contributed by atoms with Gasteiger partial charge in [0.25, 0.3) is 0 Å². The molecule has 0 spiro atoms. The van der Waals surface area contributed by atoms with Crippen LogP contribution in [0.1, 0.15) is 13.3 Å². The Hall–Kier alpha value is -0.0400. The highest BCUT2D eigenvalue weighted by Gasteiger charge is 2.31. The summed E-state index contributed by atoms with van der Waals surface area (Å²) in [6.45, 7) is 1.14. The van der Waals surface area contributed by atoms with Crippen molar-refractivity contribution in [1.29, 1.82) is 0 Å². The van der Waals surface area contributed by atoms with Crippen LogP contribution in [0.4, 0.5) is 0 Å². The molecule has 0 saturated carbocycles. The van der Waals surface area contributed by atoms with Gasteiger partial charge in [-0.15, -0.1) is 0 Å². The minimum Gasteiger partial charge on any atom is -0.392 e. The molecule has 0 aromatic heterocycles. The van der Waals surface area contributed by atoms with Crippen molar-refractivity contribution in [2.45, 2.75) is 13.3 Å². The highest BCUT2D eigenvalue weighted by molar-refractivity contribution is 7.60. The summed E-state index contributed by atoms with van der Waals surface area (Å²) >= 11 is 0. The van der Waals surface area contributed by atoms with Crippen LogP contribution in [0.3, 0.4) is 0 Å². The van der Waals surface area contributed by atoms with Crippen molar-refractivity contribution >= 4 is 15.6 Å². The van der Waals surface area contributed by atoms with E-state index in [1.807, 2.05) is 0 Å². The van der Waals surface area contributed by atoms with Gasteiger partial charge < -0.3 is 19.8 Å². The molecule has 16 heavy (non-hydrogen) atoms. The number of phosphoric acid groups is 2. The highest BCUT2D eigenvalue weighted by Crippen LogP contribution is 2.57. The molecule has 10 heteroatoms. The van der Waals surface area contributed by atoms with Crippen molar-refractivity contribution in [2.24, 2.45) is 0 Å². The van der Waals surface area contributed by atoms with Crippen molar-refractivity contribution in [2.75, 3.05) is 13.2 Å². The van der Waals surface area contributed by atoms with Gasteiger partial charge >= 0.3 is 15.6 Å².